The molecule has 0 aromatic heterocycles. The first-order valence-corrected chi connectivity index (χ1v) is 5.81. The zero-order valence-corrected chi connectivity index (χ0v) is 10.9. The lowest BCUT2D eigenvalue weighted by atomic mass is 10.1. The van der Waals surface area contributed by atoms with Crippen LogP contribution in [0.4, 0.5) is 4.39 Å². The van der Waals surface area contributed by atoms with Gasteiger partial charge >= 0.3 is 5.97 Å². The van der Waals surface area contributed by atoms with Crippen LogP contribution in [-0.4, -0.2) is 36.7 Å². The number of rotatable bonds is 6. The lowest BCUT2D eigenvalue weighted by Crippen LogP contribution is -2.41. The highest BCUT2D eigenvalue weighted by molar-refractivity contribution is 6.31. The highest BCUT2D eigenvalue weighted by Crippen LogP contribution is 2.16. The molecule has 7 heteroatoms. The van der Waals surface area contributed by atoms with Crippen molar-refractivity contribution in [3.63, 3.8) is 0 Å². The largest absolute Gasteiger partial charge is 0.480 e. The summed E-state index contributed by atoms with van der Waals surface area (Å²) in [7, 11) is 1.43. The molecule has 0 saturated heterocycles. The number of carbonyl (C=O) groups excluding carboxylic acids is 1. The quantitative estimate of drug-likeness (QED) is 0.836. The molecule has 0 saturated carbocycles. The van der Waals surface area contributed by atoms with E-state index >= 15 is 0 Å². The molecule has 0 spiro atoms. The number of carboxylic acid groups (broad SMARTS) is 1. The minimum Gasteiger partial charge on any atom is -0.480 e. The van der Waals surface area contributed by atoms with Gasteiger partial charge in [0, 0.05) is 25.7 Å². The van der Waals surface area contributed by atoms with Crippen LogP contribution in [0.15, 0.2) is 18.2 Å². The Bertz CT molecular complexity index is 481. The highest BCUT2D eigenvalue weighted by Gasteiger charge is 2.20. The fourth-order valence-corrected chi connectivity index (χ4v) is 1.55. The van der Waals surface area contributed by atoms with Gasteiger partial charge in [-0.3, -0.25) is 4.79 Å². The van der Waals surface area contributed by atoms with Gasteiger partial charge in [0.2, 0.25) is 0 Å². The highest BCUT2D eigenvalue weighted by atomic mass is 35.5. The number of methoxy groups -OCH3 is 1. The molecule has 1 atom stereocenters. The van der Waals surface area contributed by atoms with Crippen molar-refractivity contribution >= 4 is 23.5 Å². The maximum atomic E-state index is 12.9. The zero-order valence-electron chi connectivity index (χ0n) is 10.2. The fourth-order valence-electron chi connectivity index (χ4n) is 1.37. The predicted molar refractivity (Wildman–Crippen MR) is 66.8 cm³/mol. The summed E-state index contributed by atoms with van der Waals surface area (Å²) in [6.07, 6.45) is 0.131. The van der Waals surface area contributed by atoms with Gasteiger partial charge in [0.15, 0.2) is 0 Å². The molecule has 19 heavy (non-hydrogen) atoms. The van der Waals surface area contributed by atoms with Crippen molar-refractivity contribution in [3.8, 4) is 0 Å². The Morgan fingerprint density at radius 3 is 2.74 bits per heavy atom. The third kappa shape index (κ3) is 4.50. The molecule has 0 aliphatic carbocycles. The Kier molecular flexibility index (Phi) is 5.72. The first kappa shape index (κ1) is 15.4. The van der Waals surface area contributed by atoms with Crippen molar-refractivity contribution in [2.24, 2.45) is 0 Å². The van der Waals surface area contributed by atoms with Crippen LogP contribution < -0.4 is 5.32 Å². The van der Waals surface area contributed by atoms with E-state index in [9.17, 15) is 14.0 Å². The van der Waals surface area contributed by atoms with Crippen LogP contribution in [0.2, 0.25) is 5.02 Å². The van der Waals surface area contributed by atoms with Gasteiger partial charge in [-0.1, -0.05) is 11.6 Å². The maximum Gasteiger partial charge on any atom is 0.326 e. The molecule has 0 radical (unpaired) electrons. The van der Waals surface area contributed by atoms with Gasteiger partial charge in [0.25, 0.3) is 5.91 Å². The minimum atomic E-state index is -1.17. The second kappa shape index (κ2) is 7.06. The maximum absolute atomic E-state index is 12.9. The van der Waals surface area contributed by atoms with E-state index in [0.717, 1.165) is 12.1 Å². The minimum absolute atomic E-state index is 0.0927. The molecule has 1 aromatic carbocycles. The summed E-state index contributed by atoms with van der Waals surface area (Å²) in [5, 5.41) is 11.1. The number of carbonyl (C=O) groups is 2. The Labute approximate surface area is 114 Å². The third-order valence-corrected chi connectivity index (χ3v) is 2.69. The van der Waals surface area contributed by atoms with E-state index < -0.39 is 23.7 Å². The van der Waals surface area contributed by atoms with E-state index in [-0.39, 0.29) is 23.6 Å². The lowest BCUT2D eigenvalue weighted by Gasteiger charge is -2.14. The average molecular weight is 290 g/mol. The molecule has 0 aliphatic rings. The van der Waals surface area contributed by atoms with Gasteiger partial charge in [0.1, 0.15) is 11.9 Å². The van der Waals surface area contributed by atoms with E-state index in [0.29, 0.717) is 0 Å². The number of hydrogen-bond acceptors (Lipinski definition) is 3. The molecule has 104 valence electrons. The number of aliphatic carboxylic acids is 1. The summed E-state index contributed by atoms with van der Waals surface area (Å²) in [5.74, 6) is -2.45. The molecule has 0 bridgehead atoms. The summed E-state index contributed by atoms with van der Waals surface area (Å²) in [6.45, 7) is 0.196. The van der Waals surface area contributed by atoms with Crippen molar-refractivity contribution in [1.29, 1.82) is 0 Å². The van der Waals surface area contributed by atoms with Crippen molar-refractivity contribution in [3.05, 3.63) is 34.6 Å². The second-order valence-electron chi connectivity index (χ2n) is 3.77. The average Bonchev–Trinajstić information content (AvgIpc) is 2.37. The molecular weight excluding hydrogens is 277 g/mol. The monoisotopic (exact) mass is 289 g/mol. The van der Waals surface area contributed by atoms with E-state index in [2.05, 4.69) is 5.32 Å². The van der Waals surface area contributed by atoms with Crippen molar-refractivity contribution < 1.29 is 23.8 Å². The van der Waals surface area contributed by atoms with Crippen LogP contribution in [0.1, 0.15) is 16.8 Å². The Morgan fingerprint density at radius 2 is 2.21 bits per heavy atom. The van der Waals surface area contributed by atoms with Crippen LogP contribution in [0, 0.1) is 5.82 Å². The molecule has 0 aliphatic heterocycles. The Hall–Kier alpha value is -1.66. The number of halogens is 2. The first-order valence-electron chi connectivity index (χ1n) is 5.43. The normalized spacial score (nSPS) is 11.9. The van der Waals surface area contributed by atoms with E-state index in [1.165, 1.54) is 13.2 Å². The SMILES string of the molecule is COCCC(NC(=O)c1ccc(F)c(Cl)c1)C(=O)O. The van der Waals surface area contributed by atoms with Crippen molar-refractivity contribution in [2.75, 3.05) is 13.7 Å². The Balaban J connectivity index is 2.75. The molecular formula is C12H13ClFNO4. The third-order valence-electron chi connectivity index (χ3n) is 2.40. The van der Waals surface area contributed by atoms with Crippen LogP contribution in [-0.2, 0) is 9.53 Å². The van der Waals surface area contributed by atoms with Crippen LogP contribution in [0.3, 0.4) is 0 Å². The van der Waals surface area contributed by atoms with Gasteiger partial charge in [0.05, 0.1) is 5.02 Å². The van der Waals surface area contributed by atoms with E-state index in [1.807, 2.05) is 0 Å². The van der Waals surface area contributed by atoms with E-state index in [4.69, 9.17) is 21.4 Å². The second-order valence-corrected chi connectivity index (χ2v) is 4.18. The van der Waals surface area contributed by atoms with Crippen LogP contribution >= 0.6 is 11.6 Å². The summed E-state index contributed by atoms with van der Waals surface area (Å²) in [5.41, 5.74) is 0.0927. The number of hydrogen-bond donors (Lipinski definition) is 2. The molecule has 1 rings (SSSR count). The Morgan fingerprint density at radius 1 is 1.53 bits per heavy atom. The zero-order chi connectivity index (χ0) is 14.4. The van der Waals surface area contributed by atoms with Gasteiger partial charge in [-0.2, -0.15) is 0 Å². The summed E-state index contributed by atoms with van der Waals surface area (Å²) >= 11 is 5.55. The number of carboxylic acids is 1. The molecule has 5 nitrogen and oxygen atoms in total. The smallest absolute Gasteiger partial charge is 0.326 e. The van der Waals surface area contributed by atoms with Crippen LogP contribution in [0.5, 0.6) is 0 Å². The molecule has 1 amide bonds. The van der Waals surface area contributed by atoms with Crippen molar-refractivity contribution in [1.82, 2.24) is 5.32 Å². The number of ether oxygens (including phenoxy) is 1. The number of nitrogens with one attached hydrogen (secondary N) is 1. The molecule has 1 aromatic rings. The summed E-state index contributed by atoms with van der Waals surface area (Å²) in [4.78, 5) is 22.7. The molecule has 0 heterocycles. The van der Waals surface area contributed by atoms with Crippen LogP contribution in [0.25, 0.3) is 0 Å². The fraction of sp³-hybridized carbons (Fsp3) is 0.333. The number of benzene rings is 1. The topological polar surface area (TPSA) is 75.6 Å². The number of amides is 1. The predicted octanol–water partition coefficient (Wildman–Crippen LogP) is 1.70. The summed E-state index contributed by atoms with van der Waals surface area (Å²) < 4.78 is 17.7. The van der Waals surface area contributed by atoms with Gasteiger partial charge in [-0.15, -0.1) is 0 Å². The molecule has 0 fully saturated rings. The van der Waals surface area contributed by atoms with Gasteiger partial charge < -0.3 is 15.2 Å². The standard InChI is InChI=1S/C12H13ClFNO4/c1-19-5-4-10(12(17)18)15-11(16)7-2-3-9(14)8(13)6-7/h2-3,6,10H,4-5H2,1H3,(H,15,16)(H,17,18). The summed E-state index contributed by atoms with van der Waals surface area (Å²) in [6, 6.07) is 2.34. The van der Waals surface area contributed by atoms with Gasteiger partial charge in [-0.25, -0.2) is 9.18 Å². The molecule has 2 N–H and O–H groups in total. The van der Waals surface area contributed by atoms with Crippen molar-refractivity contribution in [2.45, 2.75) is 12.5 Å². The van der Waals surface area contributed by atoms with Gasteiger partial charge in [-0.05, 0) is 18.2 Å². The molecule has 1 unspecified atom stereocenters. The lowest BCUT2D eigenvalue weighted by molar-refractivity contribution is -0.139. The first-order chi connectivity index (χ1) is 8.95. The van der Waals surface area contributed by atoms with E-state index in [1.54, 1.807) is 0 Å².